The molecule has 0 amide bonds. The molecule has 3 heteroatoms. The van der Waals surface area contributed by atoms with Crippen LogP contribution in [0.15, 0.2) is 0 Å². The van der Waals surface area contributed by atoms with Crippen LogP contribution in [-0.2, 0) is 4.74 Å². The van der Waals surface area contributed by atoms with Crippen LogP contribution in [0.4, 0.5) is 4.79 Å². The minimum atomic E-state index is -0.210. The van der Waals surface area contributed by atoms with Gasteiger partial charge in [0.2, 0.25) is 0 Å². The Labute approximate surface area is 105 Å². The molecule has 0 saturated heterocycles. The smallest absolute Gasteiger partial charge is 0.367 e. The number of halogens is 1. The quantitative estimate of drug-likeness (QED) is 0.576. The van der Waals surface area contributed by atoms with Gasteiger partial charge in [-0.25, -0.2) is 4.79 Å². The lowest BCUT2D eigenvalue weighted by atomic mass is 9.76. The van der Waals surface area contributed by atoms with E-state index < -0.39 is 0 Å². The zero-order chi connectivity index (χ0) is 11.1. The van der Waals surface area contributed by atoms with Crippen LogP contribution in [0.3, 0.4) is 0 Å². The Morgan fingerprint density at radius 3 is 2.60 bits per heavy atom. The zero-order valence-corrected chi connectivity index (χ0v) is 11.6. The van der Waals surface area contributed by atoms with Crippen LogP contribution in [0, 0.1) is 17.8 Å². The minimum absolute atomic E-state index is 0.153. The van der Waals surface area contributed by atoms with Crippen molar-refractivity contribution in [3.63, 3.8) is 0 Å². The van der Waals surface area contributed by atoms with Crippen LogP contribution in [-0.4, -0.2) is 9.58 Å². The molecule has 0 aromatic heterocycles. The summed E-state index contributed by atoms with van der Waals surface area (Å²) >= 11 is 1.75. The minimum Gasteiger partial charge on any atom is -0.452 e. The summed E-state index contributed by atoms with van der Waals surface area (Å²) in [5.74, 6) is 2.34. The third-order valence-electron chi connectivity index (χ3n) is 4.54. The third-order valence-corrected chi connectivity index (χ3v) is 4.76. The van der Waals surface area contributed by atoms with Crippen LogP contribution >= 0.6 is 22.6 Å². The van der Waals surface area contributed by atoms with Gasteiger partial charge in [0.15, 0.2) is 0 Å². The molecule has 0 aliphatic heterocycles. The Balaban J connectivity index is 2.09. The number of carbonyl (C=O) groups excluding carboxylic acids is 1. The monoisotopic (exact) mass is 322 g/mol. The van der Waals surface area contributed by atoms with E-state index in [1.165, 1.54) is 25.7 Å². The second-order valence-corrected chi connectivity index (χ2v) is 6.17. The van der Waals surface area contributed by atoms with Crippen molar-refractivity contribution in [2.75, 3.05) is 0 Å². The molecule has 2 aliphatic rings. The lowest BCUT2D eigenvalue weighted by molar-refractivity contribution is -0.0286. The van der Waals surface area contributed by atoms with Gasteiger partial charge in [-0.2, -0.15) is 0 Å². The normalized spacial score (nSPS) is 37.7. The van der Waals surface area contributed by atoms with Crippen molar-refractivity contribution in [2.24, 2.45) is 17.8 Å². The van der Waals surface area contributed by atoms with E-state index in [2.05, 4.69) is 13.8 Å². The molecule has 15 heavy (non-hydrogen) atoms. The summed E-state index contributed by atoms with van der Waals surface area (Å²) in [5.41, 5.74) is -0.210. The molecule has 0 heterocycles. The molecule has 86 valence electrons. The summed E-state index contributed by atoms with van der Waals surface area (Å²) in [6.07, 6.45) is 6.34. The van der Waals surface area contributed by atoms with Gasteiger partial charge in [0.05, 0.1) is 22.6 Å². The maximum atomic E-state index is 11.1. The van der Waals surface area contributed by atoms with Gasteiger partial charge in [-0.1, -0.05) is 13.3 Å². The lowest BCUT2D eigenvalue weighted by Gasteiger charge is -2.38. The number of hydrogen-bond donors (Lipinski definition) is 0. The first-order valence-electron chi connectivity index (χ1n) is 5.93. The average molecular weight is 322 g/mol. The fraction of sp³-hybridized carbons (Fsp3) is 0.917. The zero-order valence-electron chi connectivity index (χ0n) is 9.46. The first-order valence-corrected chi connectivity index (χ1v) is 7.01. The second-order valence-electron chi connectivity index (χ2n) is 5.29. The van der Waals surface area contributed by atoms with E-state index in [1.807, 2.05) is 0 Å². The van der Waals surface area contributed by atoms with E-state index in [0.29, 0.717) is 5.92 Å². The molecule has 0 spiro atoms. The topological polar surface area (TPSA) is 26.3 Å². The summed E-state index contributed by atoms with van der Waals surface area (Å²) in [4.78, 5) is 11.1. The number of hydrogen-bond acceptors (Lipinski definition) is 2. The van der Waals surface area contributed by atoms with Crippen LogP contribution in [0.2, 0.25) is 0 Å². The van der Waals surface area contributed by atoms with Gasteiger partial charge in [-0.15, -0.1) is 0 Å². The molecule has 2 aliphatic carbocycles. The first kappa shape index (κ1) is 11.7. The number of carbonyl (C=O) groups is 1. The van der Waals surface area contributed by atoms with Gasteiger partial charge in [0.1, 0.15) is 5.60 Å². The van der Waals surface area contributed by atoms with E-state index in [-0.39, 0.29) is 9.58 Å². The fourth-order valence-corrected chi connectivity index (χ4v) is 4.09. The Bertz CT molecular complexity index is 266. The third kappa shape index (κ3) is 2.17. The predicted molar refractivity (Wildman–Crippen MR) is 68.1 cm³/mol. The molecule has 2 rings (SSSR count). The first-order chi connectivity index (χ1) is 7.05. The average Bonchev–Trinajstić information content (AvgIpc) is 2.77. The highest BCUT2D eigenvalue weighted by Gasteiger charge is 2.49. The number of rotatable bonds is 3. The Hall–Kier alpha value is 0.200. The molecule has 2 fully saturated rings. The van der Waals surface area contributed by atoms with Gasteiger partial charge >= 0.3 is 3.98 Å². The van der Waals surface area contributed by atoms with Crippen LogP contribution in [0.1, 0.15) is 46.0 Å². The van der Waals surface area contributed by atoms with Crippen molar-refractivity contribution in [3.8, 4) is 0 Å². The Morgan fingerprint density at radius 2 is 2.20 bits per heavy atom. The molecule has 4 atom stereocenters. The van der Waals surface area contributed by atoms with Crippen molar-refractivity contribution in [3.05, 3.63) is 0 Å². The van der Waals surface area contributed by atoms with Crippen LogP contribution in [0.5, 0.6) is 0 Å². The van der Waals surface area contributed by atoms with E-state index in [1.54, 1.807) is 22.6 Å². The largest absolute Gasteiger partial charge is 0.452 e. The van der Waals surface area contributed by atoms with Gasteiger partial charge < -0.3 is 4.74 Å². The summed E-state index contributed by atoms with van der Waals surface area (Å²) < 4.78 is 5.42. The van der Waals surface area contributed by atoms with E-state index in [9.17, 15) is 4.79 Å². The Kier molecular flexibility index (Phi) is 3.29. The van der Waals surface area contributed by atoms with Gasteiger partial charge in [-0.3, -0.25) is 0 Å². The molecule has 0 aromatic carbocycles. The summed E-state index contributed by atoms with van der Waals surface area (Å²) in [5, 5.41) is 0. The van der Waals surface area contributed by atoms with E-state index in [0.717, 1.165) is 18.3 Å². The van der Waals surface area contributed by atoms with E-state index >= 15 is 0 Å². The highest BCUT2D eigenvalue weighted by atomic mass is 127. The predicted octanol–water partition coefficient (Wildman–Crippen LogP) is 4.16. The fourth-order valence-electron chi connectivity index (χ4n) is 3.59. The maximum Gasteiger partial charge on any atom is 0.367 e. The Morgan fingerprint density at radius 1 is 1.47 bits per heavy atom. The highest BCUT2D eigenvalue weighted by Crippen LogP contribution is 2.53. The molecule has 2 saturated carbocycles. The molecule has 2 nitrogen and oxygen atoms in total. The highest BCUT2D eigenvalue weighted by molar-refractivity contribution is 14.1. The maximum absolute atomic E-state index is 11.1. The summed E-state index contributed by atoms with van der Waals surface area (Å²) in [6.45, 7) is 4.25. The molecular weight excluding hydrogens is 303 g/mol. The van der Waals surface area contributed by atoms with Crippen molar-refractivity contribution >= 4 is 26.6 Å². The SMILES string of the molecule is CCC(C)(OC(=O)I)C1CC2CCC1C2. The van der Waals surface area contributed by atoms with Crippen molar-refractivity contribution < 1.29 is 9.53 Å². The number of fused-ring (bicyclic) bond motifs is 2. The molecule has 0 aromatic rings. The van der Waals surface area contributed by atoms with Crippen molar-refractivity contribution in [1.82, 2.24) is 0 Å². The van der Waals surface area contributed by atoms with E-state index in [4.69, 9.17) is 4.74 Å². The van der Waals surface area contributed by atoms with Gasteiger partial charge in [0, 0.05) is 5.92 Å². The second kappa shape index (κ2) is 4.22. The van der Waals surface area contributed by atoms with Crippen molar-refractivity contribution in [1.29, 1.82) is 0 Å². The molecular formula is C12H19IO2. The van der Waals surface area contributed by atoms with Crippen LogP contribution in [0.25, 0.3) is 0 Å². The lowest BCUT2D eigenvalue weighted by Crippen LogP contribution is -2.40. The molecule has 2 bridgehead atoms. The summed E-state index contributed by atoms with van der Waals surface area (Å²) in [7, 11) is 0. The molecule has 0 N–H and O–H groups in total. The van der Waals surface area contributed by atoms with Gasteiger partial charge in [0.25, 0.3) is 0 Å². The standard InChI is InChI=1S/C12H19IO2/c1-3-12(2,15-11(13)14)10-7-8-4-5-9(10)6-8/h8-10H,3-7H2,1-2H3. The summed E-state index contributed by atoms with van der Waals surface area (Å²) in [6, 6.07) is 0. The van der Waals surface area contributed by atoms with Gasteiger partial charge in [-0.05, 0) is 44.4 Å². The number of ether oxygens (including phenoxy) is 1. The van der Waals surface area contributed by atoms with Crippen LogP contribution < -0.4 is 0 Å². The molecule has 4 unspecified atom stereocenters. The van der Waals surface area contributed by atoms with Crippen molar-refractivity contribution in [2.45, 2.75) is 51.6 Å². The molecule has 0 radical (unpaired) electrons.